The number of para-hydroxylation sites is 1. The van der Waals surface area contributed by atoms with Crippen LogP contribution in [0.4, 0.5) is 5.69 Å². The van der Waals surface area contributed by atoms with Crippen LogP contribution in [-0.2, 0) is 0 Å². The Morgan fingerprint density at radius 3 is 1.94 bits per heavy atom. The summed E-state index contributed by atoms with van der Waals surface area (Å²) in [6.45, 7) is 8.80. The SMILES string of the molecule is CC(C)c1cccc(C(C)C)c1NCC(O)CO. The van der Waals surface area contributed by atoms with Gasteiger partial charge in [-0.1, -0.05) is 45.9 Å². The molecule has 18 heavy (non-hydrogen) atoms. The third-order valence-electron chi connectivity index (χ3n) is 3.10. The number of benzene rings is 1. The summed E-state index contributed by atoms with van der Waals surface area (Å²) in [6, 6.07) is 6.31. The smallest absolute Gasteiger partial charge is 0.0942 e. The van der Waals surface area contributed by atoms with Crippen LogP contribution in [-0.4, -0.2) is 29.5 Å². The maximum absolute atomic E-state index is 9.47. The third kappa shape index (κ3) is 3.72. The number of hydrogen-bond donors (Lipinski definition) is 3. The summed E-state index contributed by atoms with van der Waals surface area (Å²) in [6.07, 6.45) is -0.717. The van der Waals surface area contributed by atoms with Crippen molar-refractivity contribution >= 4 is 5.69 Å². The molecule has 0 saturated carbocycles. The predicted molar refractivity (Wildman–Crippen MR) is 76.2 cm³/mol. The Hall–Kier alpha value is -1.06. The van der Waals surface area contributed by atoms with Gasteiger partial charge in [-0.3, -0.25) is 0 Å². The number of anilines is 1. The fourth-order valence-electron chi connectivity index (χ4n) is 2.04. The standard InChI is InChI=1S/C15H25NO2/c1-10(2)13-6-5-7-14(11(3)4)15(13)16-8-12(18)9-17/h5-7,10-12,16-18H,8-9H2,1-4H3. The van der Waals surface area contributed by atoms with Crippen LogP contribution < -0.4 is 5.32 Å². The van der Waals surface area contributed by atoms with Gasteiger partial charge in [-0.15, -0.1) is 0 Å². The first kappa shape index (κ1) is 15.0. The molecule has 1 aromatic carbocycles. The molecule has 0 fully saturated rings. The second kappa shape index (κ2) is 6.76. The van der Waals surface area contributed by atoms with E-state index in [1.807, 2.05) is 0 Å². The lowest BCUT2D eigenvalue weighted by atomic mass is 9.92. The molecular formula is C15H25NO2. The second-order valence-corrected chi connectivity index (χ2v) is 5.34. The maximum Gasteiger partial charge on any atom is 0.0942 e. The largest absolute Gasteiger partial charge is 0.394 e. The van der Waals surface area contributed by atoms with E-state index >= 15 is 0 Å². The molecule has 1 aromatic rings. The Balaban J connectivity index is 3.03. The summed E-state index contributed by atoms with van der Waals surface area (Å²) in [4.78, 5) is 0. The molecule has 0 heterocycles. The van der Waals surface area contributed by atoms with E-state index in [0.717, 1.165) is 5.69 Å². The van der Waals surface area contributed by atoms with Crippen molar-refractivity contribution in [3.63, 3.8) is 0 Å². The van der Waals surface area contributed by atoms with E-state index < -0.39 is 6.10 Å². The Labute approximate surface area is 110 Å². The van der Waals surface area contributed by atoms with Crippen molar-refractivity contribution in [2.24, 2.45) is 0 Å². The quantitative estimate of drug-likeness (QED) is 0.728. The first-order valence-electron chi connectivity index (χ1n) is 6.63. The summed E-state index contributed by atoms with van der Waals surface area (Å²) in [5, 5.41) is 21.6. The van der Waals surface area contributed by atoms with E-state index in [-0.39, 0.29) is 6.61 Å². The van der Waals surface area contributed by atoms with Gasteiger partial charge >= 0.3 is 0 Å². The average Bonchev–Trinajstić information content (AvgIpc) is 2.34. The Morgan fingerprint density at radius 1 is 1.06 bits per heavy atom. The molecule has 102 valence electrons. The summed E-state index contributed by atoms with van der Waals surface area (Å²) in [5.74, 6) is 0.856. The van der Waals surface area contributed by atoms with Crippen molar-refractivity contribution in [3.8, 4) is 0 Å². The molecule has 0 aliphatic heterocycles. The van der Waals surface area contributed by atoms with Crippen molar-refractivity contribution < 1.29 is 10.2 Å². The summed E-state index contributed by atoms with van der Waals surface area (Å²) < 4.78 is 0. The number of aliphatic hydroxyl groups is 2. The van der Waals surface area contributed by atoms with Crippen LogP contribution >= 0.6 is 0 Å². The minimum absolute atomic E-state index is 0.214. The number of hydrogen-bond acceptors (Lipinski definition) is 3. The van der Waals surface area contributed by atoms with Crippen LogP contribution in [0.3, 0.4) is 0 Å². The third-order valence-corrected chi connectivity index (χ3v) is 3.10. The lowest BCUT2D eigenvalue weighted by Crippen LogP contribution is -2.24. The highest BCUT2D eigenvalue weighted by Gasteiger charge is 2.14. The zero-order valence-electron chi connectivity index (χ0n) is 11.8. The van der Waals surface area contributed by atoms with E-state index in [1.165, 1.54) is 11.1 Å². The van der Waals surface area contributed by atoms with Gasteiger partial charge in [-0.05, 0) is 23.0 Å². The molecule has 0 spiro atoms. The lowest BCUT2D eigenvalue weighted by molar-refractivity contribution is 0.105. The van der Waals surface area contributed by atoms with Crippen LogP contribution in [0.5, 0.6) is 0 Å². The molecule has 0 amide bonds. The number of aliphatic hydroxyl groups excluding tert-OH is 2. The molecule has 0 radical (unpaired) electrons. The molecule has 0 bridgehead atoms. The highest BCUT2D eigenvalue weighted by Crippen LogP contribution is 2.32. The topological polar surface area (TPSA) is 52.5 Å². The van der Waals surface area contributed by atoms with Crippen LogP contribution in [0.2, 0.25) is 0 Å². The lowest BCUT2D eigenvalue weighted by Gasteiger charge is -2.21. The second-order valence-electron chi connectivity index (χ2n) is 5.34. The zero-order valence-corrected chi connectivity index (χ0v) is 11.8. The Morgan fingerprint density at radius 2 is 1.56 bits per heavy atom. The minimum Gasteiger partial charge on any atom is -0.394 e. The van der Waals surface area contributed by atoms with Crippen molar-refractivity contribution in [2.45, 2.75) is 45.6 Å². The van der Waals surface area contributed by atoms with E-state index in [4.69, 9.17) is 5.11 Å². The number of rotatable bonds is 6. The van der Waals surface area contributed by atoms with Gasteiger partial charge in [0.1, 0.15) is 0 Å². The van der Waals surface area contributed by atoms with Crippen molar-refractivity contribution in [3.05, 3.63) is 29.3 Å². The van der Waals surface area contributed by atoms with Gasteiger partial charge < -0.3 is 15.5 Å². The summed E-state index contributed by atoms with van der Waals surface area (Å²) >= 11 is 0. The van der Waals surface area contributed by atoms with E-state index in [2.05, 4.69) is 51.2 Å². The molecule has 1 rings (SSSR count). The van der Waals surface area contributed by atoms with Gasteiger partial charge in [0.2, 0.25) is 0 Å². The molecule has 1 atom stereocenters. The highest BCUT2D eigenvalue weighted by molar-refractivity contribution is 5.60. The van der Waals surface area contributed by atoms with Gasteiger partial charge in [-0.2, -0.15) is 0 Å². The van der Waals surface area contributed by atoms with Crippen molar-refractivity contribution in [2.75, 3.05) is 18.5 Å². The molecule has 1 unspecified atom stereocenters. The fraction of sp³-hybridized carbons (Fsp3) is 0.600. The van der Waals surface area contributed by atoms with Crippen LogP contribution in [0.25, 0.3) is 0 Å². The van der Waals surface area contributed by atoms with Crippen LogP contribution in [0, 0.1) is 0 Å². The molecule has 0 aromatic heterocycles. The fourth-order valence-corrected chi connectivity index (χ4v) is 2.04. The van der Waals surface area contributed by atoms with Gasteiger partial charge in [-0.25, -0.2) is 0 Å². The van der Waals surface area contributed by atoms with Gasteiger partial charge in [0.25, 0.3) is 0 Å². The molecule has 0 saturated heterocycles. The first-order chi connectivity index (χ1) is 8.47. The van der Waals surface area contributed by atoms with E-state index in [9.17, 15) is 5.11 Å². The van der Waals surface area contributed by atoms with Crippen LogP contribution in [0.15, 0.2) is 18.2 Å². The van der Waals surface area contributed by atoms with E-state index in [1.54, 1.807) is 0 Å². The normalized spacial score (nSPS) is 13.1. The first-order valence-corrected chi connectivity index (χ1v) is 6.63. The summed E-state index contributed by atoms with van der Waals surface area (Å²) in [5.41, 5.74) is 3.62. The van der Waals surface area contributed by atoms with Gasteiger partial charge in [0, 0.05) is 12.2 Å². The average molecular weight is 251 g/mol. The molecule has 0 aliphatic rings. The highest BCUT2D eigenvalue weighted by atomic mass is 16.3. The minimum atomic E-state index is -0.717. The maximum atomic E-state index is 9.47. The van der Waals surface area contributed by atoms with Gasteiger partial charge in [0.15, 0.2) is 0 Å². The predicted octanol–water partition coefficient (Wildman–Crippen LogP) is 2.70. The monoisotopic (exact) mass is 251 g/mol. The molecule has 0 aliphatic carbocycles. The molecular weight excluding hydrogens is 226 g/mol. The summed E-state index contributed by atoms with van der Waals surface area (Å²) in [7, 11) is 0. The Bertz CT molecular complexity index is 349. The van der Waals surface area contributed by atoms with E-state index in [0.29, 0.717) is 18.4 Å². The Kier molecular flexibility index (Phi) is 5.63. The van der Waals surface area contributed by atoms with Crippen LogP contribution in [0.1, 0.15) is 50.7 Å². The number of nitrogens with one attached hydrogen (secondary N) is 1. The van der Waals surface area contributed by atoms with Crippen molar-refractivity contribution in [1.29, 1.82) is 0 Å². The molecule has 3 N–H and O–H groups in total. The molecule has 3 heteroatoms. The van der Waals surface area contributed by atoms with Crippen molar-refractivity contribution in [1.82, 2.24) is 0 Å². The zero-order chi connectivity index (χ0) is 13.7. The van der Waals surface area contributed by atoms with Gasteiger partial charge in [0.05, 0.1) is 12.7 Å². The molecule has 3 nitrogen and oxygen atoms in total.